The van der Waals surface area contributed by atoms with Gasteiger partial charge in [-0.3, -0.25) is 0 Å². The van der Waals surface area contributed by atoms with E-state index in [1.165, 1.54) is 0 Å². The molecule has 0 fully saturated rings. The SMILES string of the molecule is Cc1ccc(NC(=O)NC(C)c2nc3ccccc3[nH]2)cc1. The zero-order valence-electron chi connectivity index (χ0n) is 12.6. The molecule has 2 amide bonds. The first-order valence-corrected chi connectivity index (χ1v) is 7.20. The number of aromatic amines is 1. The topological polar surface area (TPSA) is 69.8 Å². The predicted molar refractivity (Wildman–Crippen MR) is 87.8 cm³/mol. The van der Waals surface area contributed by atoms with Crippen molar-refractivity contribution in [3.8, 4) is 0 Å². The third-order valence-electron chi connectivity index (χ3n) is 3.47. The summed E-state index contributed by atoms with van der Waals surface area (Å²) < 4.78 is 0. The number of imidazole rings is 1. The number of carbonyl (C=O) groups is 1. The average molecular weight is 294 g/mol. The van der Waals surface area contributed by atoms with Gasteiger partial charge in [-0.1, -0.05) is 29.8 Å². The van der Waals surface area contributed by atoms with Gasteiger partial charge < -0.3 is 15.6 Å². The van der Waals surface area contributed by atoms with Gasteiger partial charge in [0.15, 0.2) is 0 Å². The predicted octanol–water partition coefficient (Wildman–Crippen LogP) is 3.75. The molecule has 0 radical (unpaired) electrons. The van der Waals surface area contributed by atoms with Crippen LogP contribution >= 0.6 is 0 Å². The number of carbonyl (C=O) groups excluding carboxylic acids is 1. The van der Waals surface area contributed by atoms with Crippen LogP contribution in [0, 0.1) is 6.92 Å². The Labute approximate surface area is 128 Å². The molecule has 3 N–H and O–H groups in total. The molecule has 22 heavy (non-hydrogen) atoms. The fraction of sp³-hybridized carbons (Fsp3) is 0.176. The van der Waals surface area contributed by atoms with E-state index in [9.17, 15) is 4.79 Å². The number of rotatable bonds is 3. The van der Waals surface area contributed by atoms with Crippen LogP contribution in [0.5, 0.6) is 0 Å². The molecule has 3 aromatic rings. The van der Waals surface area contributed by atoms with E-state index in [4.69, 9.17) is 0 Å². The van der Waals surface area contributed by atoms with Crippen LogP contribution in [0.3, 0.4) is 0 Å². The van der Waals surface area contributed by atoms with Gasteiger partial charge in [-0.2, -0.15) is 0 Å². The van der Waals surface area contributed by atoms with Crippen molar-refractivity contribution in [2.45, 2.75) is 19.9 Å². The Hall–Kier alpha value is -2.82. The molecule has 0 aliphatic rings. The molecule has 1 heterocycles. The van der Waals surface area contributed by atoms with E-state index < -0.39 is 0 Å². The Bertz CT molecular complexity index is 759. The first kappa shape index (κ1) is 14.1. The summed E-state index contributed by atoms with van der Waals surface area (Å²) in [6.45, 7) is 3.90. The van der Waals surface area contributed by atoms with Crippen LogP contribution in [-0.2, 0) is 0 Å². The third-order valence-corrected chi connectivity index (χ3v) is 3.47. The van der Waals surface area contributed by atoms with Crippen molar-refractivity contribution < 1.29 is 4.79 Å². The lowest BCUT2D eigenvalue weighted by atomic mass is 10.2. The zero-order chi connectivity index (χ0) is 15.5. The highest BCUT2D eigenvalue weighted by atomic mass is 16.2. The molecule has 5 nitrogen and oxygen atoms in total. The molecule has 1 unspecified atom stereocenters. The minimum atomic E-state index is -0.253. The van der Waals surface area contributed by atoms with Crippen molar-refractivity contribution in [3.63, 3.8) is 0 Å². The van der Waals surface area contributed by atoms with Crippen LogP contribution in [0.25, 0.3) is 11.0 Å². The lowest BCUT2D eigenvalue weighted by molar-refractivity contribution is 0.249. The highest BCUT2D eigenvalue weighted by molar-refractivity contribution is 5.89. The molecule has 1 aromatic heterocycles. The molecule has 0 saturated heterocycles. The summed E-state index contributed by atoms with van der Waals surface area (Å²) in [5, 5.41) is 5.69. The van der Waals surface area contributed by atoms with Gasteiger partial charge in [0.05, 0.1) is 17.1 Å². The van der Waals surface area contributed by atoms with Crippen LogP contribution in [0.2, 0.25) is 0 Å². The molecule has 3 rings (SSSR count). The monoisotopic (exact) mass is 294 g/mol. The van der Waals surface area contributed by atoms with Crippen molar-refractivity contribution in [1.82, 2.24) is 15.3 Å². The maximum Gasteiger partial charge on any atom is 0.319 e. The molecule has 0 bridgehead atoms. The first-order chi connectivity index (χ1) is 10.6. The largest absolute Gasteiger partial charge is 0.340 e. The van der Waals surface area contributed by atoms with Gasteiger partial charge >= 0.3 is 6.03 Å². The number of aryl methyl sites for hydroxylation is 1. The van der Waals surface area contributed by atoms with Gasteiger partial charge in [0.1, 0.15) is 5.82 Å². The van der Waals surface area contributed by atoms with Crippen molar-refractivity contribution >= 4 is 22.8 Å². The maximum atomic E-state index is 12.0. The number of aromatic nitrogens is 2. The van der Waals surface area contributed by atoms with Crippen molar-refractivity contribution in [3.05, 3.63) is 59.9 Å². The van der Waals surface area contributed by atoms with E-state index in [1.54, 1.807) is 0 Å². The number of hydrogen-bond acceptors (Lipinski definition) is 2. The molecular formula is C17H18N4O. The van der Waals surface area contributed by atoms with Crippen LogP contribution in [0.15, 0.2) is 48.5 Å². The van der Waals surface area contributed by atoms with E-state index in [0.29, 0.717) is 0 Å². The Balaban J connectivity index is 1.66. The first-order valence-electron chi connectivity index (χ1n) is 7.20. The summed E-state index contributed by atoms with van der Waals surface area (Å²) in [5.41, 5.74) is 3.77. The Kier molecular flexibility index (Phi) is 3.78. The Morgan fingerprint density at radius 2 is 1.86 bits per heavy atom. The van der Waals surface area contributed by atoms with Crippen molar-refractivity contribution in [2.75, 3.05) is 5.32 Å². The molecule has 0 spiro atoms. The summed E-state index contributed by atoms with van der Waals surface area (Å²) in [4.78, 5) is 19.7. The summed E-state index contributed by atoms with van der Waals surface area (Å²) in [6, 6.07) is 15.0. The van der Waals surface area contributed by atoms with Crippen LogP contribution in [-0.4, -0.2) is 16.0 Å². The summed E-state index contributed by atoms with van der Waals surface area (Å²) in [7, 11) is 0. The van der Waals surface area contributed by atoms with Gasteiger partial charge in [-0.05, 0) is 38.1 Å². The lowest BCUT2D eigenvalue weighted by Crippen LogP contribution is -2.31. The number of urea groups is 1. The summed E-state index contributed by atoms with van der Waals surface area (Å²) >= 11 is 0. The second-order valence-corrected chi connectivity index (χ2v) is 5.33. The van der Waals surface area contributed by atoms with Gasteiger partial charge in [0.2, 0.25) is 0 Å². The van der Waals surface area contributed by atoms with Crippen molar-refractivity contribution in [1.29, 1.82) is 0 Å². The standard InChI is InChI=1S/C17H18N4O/c1-11-7-9-13(10-8-11)19-17(22)18-12(2)16-20-14-5-3-4-6-15(14)21-16/h3-10,12H,1-2H3,(H,20,21)(H2,18,19,22). The minimum Gasteiger partial charge on any atom is -0.340 e. The van der Waals surface area contributed by atoms with E-state index in [2.05, 4.69) is 20.6 Å². The quantitative estimate of drug-likeness (QED) is 0.688. The van der Waals surface area contributed by atoms with E-state index >= 15 is 0 Å². The number of benzene rings is 2. The van der Waals surface area contributed by atoms with Gasteiger partial charge in [0, 0.05) is 5.69 Å². The second-order valence-electron chi connectivity index (χ2n) is 5.33. The van der Waals surface area contributed by atoms with Gasteiger partial charge in [-0.25, -0.2) is 9.78 Å². The number of H-pyrrole nitrogens is 1. The third kappa shape index (κ3) is 3.09. The van der Waals surface area contributed by atoms with Gasteiger partial charge in [0.25, 0.3) is 0 Å². The minimum absolute atomic E-state index is 0.210. The van der Waals surface area contributed by atoms with Crippen LogP contribution in [0.4, 0.5) is 10.5 Å². The molecule has 0 aliphatic heterocycles. The molecule has 2 aromatic carbocycles. The highest BCUT2D eigenvalue weighted by Gasteiger charge is 2.13. The fourth-order valence-corrected chi connectivity index (χ4v) is 2.25. The smallest absolute Gasteiger partial charge is 0.319 e. The number of amides is 2. The number of nitrogens with one attached hydrogen (secondary N) is 3. The normalized spacial score (nSPS) is 12.1. The number of fused-ring (bicyclic) bond motifs is 1. The maximum absolute atomic E-state index is 12.0. The van der Waals surface area contributed by atoms with Crippen LogP contribution < -0.4 is 10.6 Å². The van der Waals surface area contributed by atoms with E-state index in [0.717, 1.165) is 28.1 Å². The Morgan fingerprint density at radius 3 is 2.59 bits per heavy atom. The highest BCUT2D eigenvalue weighted by Crippen LogP contribution is 2.16. The molecule has 1 atom stereocenters. The molecule has 5 heteroatoms. The van der Waals surface area contributed by atoms with Gasteiger partial charge in [-0.15, -0.1) is 0 Å². The van der Waals surface area contributed by atoms with E-state index in [1.807, 2.05) is 62.4 Å². The molecular weight excluding hydrogens is 276 g/mol. The molecule has 0 aliphatic carbocycles. The average Bonchev–Trinajstić information content (AvgIpc) is 2.93. The summed E-state index contributed by atoms with van der Waals surface area (Å²) in [5.74, 6) is 0.736. The number of anilines is 1. The summed E-state index contributed by atoms with van der Waals surface area (Å²) in [6.07, 6.45) is 0. The zero-order valence-corrected chi connectivity index (χ0v) is 12.6. The number of nitrogens with zero attached hydrogens (tertiary/aromatic N) is 1. The molecule has 112 valence electrons. The number of hydrogen-bond donors (Lipinski definition) is 3. The van der Waals surface area contributed by atoms with Crippen LogP contribution in [0.1, 0.15) is 24.4 Å². The Morgan fingerprint density at radius 1 is 1.14 bits per heavy atom. The lowest BCUT2D eigenvalue weighted by Gasteiger charge is -2.12. The number of para-hydroxylation sites is 2. The second kappa shape index (κ2) is 5.89. The molecule has 0 saturated carbocycles. The van der Waals surface area contributed by atoms with Crippen molar-refractivity contribution in [2.24, 2.45) is 0 Å². The fourth-order valence-electron chi connectivity index (χ4n) is 2.25. The van der Waals surface area contributed by atoms with E-state index in [-0.39, 0.29) is 12.1 Å².